The first kappa shape index (κ1) is 26.8. The SMILES string of the molecule is CC(OC(=O)c1c2c(nc3ccccc13)/C(=C/c1ccc(C(C)(C)C)cc1)CC2)C(=O)Nc1ccccc1C#N. The van der Waals surface area contributed by atoms with Crippen LogP contribution in [-0.4, -0.2) is 23.0 Å². The van der Waals surface area contributed by atoms with Crippen molar-refractivity contribution in [2.24, 2.45) is 0 Å². The van der Waals surface area contributed by atoms with Crippen LogP contribution < -0.4 is 5.32 Å². The number of amides is 1. The third-order valence-electron chi connectivity index (χ3n) is 7.22. The molecule has 6 nitrogen and oxygen atoms in total. The van der Waals surface area contributed by atoms with Crippen LogP contribution in [0.25, 0.3) is 22.6 Å². The molecule has 0 fully saturated rings. The molecule has 1 N–H and O–H groups in total. The molecule has 0 aliphatic heterocycles. The number of pyridine rings is 1. The molecule has 0 saturated carbocycles. The highest BCUT2D eigenvalue weighted by Gasteiger charge is 2.29. The van der Waals surface area contributed by atoms with Gasteiger partial charge in [0.25, 0.3) is 5.91 Å². The molecule has 4 aromatic rings. The van der Waals surface area contributed by atoms with E-state index in [1.165, 1.54) is 12.5 Å². The normalized spacial score (nSPS) is 14.4. The fraction of sp³-hybridized carbons (Fsp3) is 0.235. The number of rotatable bonds is 5. The van der Waals surface area contributed by atoms with Gasteiger partial charge in [-0.05, 0) is 71.7 Å². The van der Waals surface area contributed by atoms with Crippen molar-refractivity contribution in [2.75, 3.05) is 5.32 Å². The number of nitriles is 1. The lowest BCUT2D eigenvalue weighted by molar-refractivity contribution is -0.123. The van der Waals surface area contributed by atoms with Gasteiger partial charge in [0, 0.05) is 5.39 Å². The molecule has 0 saturated heterocycles. The molecule has 1 amide bonds. The Bertz CT molecular complexity index is 1690. The van der Waals surface area contributed by atoms with Crippen LogP contribution in [0.3, 0.4) is 0 Å². The first-order valence-electron chi connectivity index (χ1n) is 13.4. The first-order chi connectivity index (χ1) is 19.2. The zero-order chi connectivity index (χ0) is 28.4. The summed E-state index contributed by atoms with van der Waals surface area (Å²) in [6, 6.07) is 24.8. The average molecular weight is 530 g/mol. The molecule has 1 unspecified atom stereocenters. The van der Waals surface area contributed by atoms with Crippen LogP contribution in [0.4, 0.5) is 5.69 Å². The summed E-state index contributed by atoms with van der Waals surface area (Å²) in [7, 11) is 0. The Hall–Kier alpha value is -4.76. The molecule has 1 aromatic heterocycles. The second kappa shape index (κ2) is 10.8. The van der Waals surface area contributed by atoms with Crippen molar-refractivity contribution in [3.63, 3.8) is 0 Å². The highest BCUT2D eigenvalue weighted by molar-refractivity contribution is 6.08. The van der Waals surface area contributed by atoms with Crippen LogP contribution in [0.15, 0.2) is 72.8 Å². The molecule has 40 heavy (non-hydrogen) atoms. The van der Waals surface area contributed by atoms with Gasteiger partial charge in [0.2, 0.25) is 0 Å². The number of esters is 1. The van der Waals surface area contributed by atoms with E-state index in [4.69, 9.17) is 9.72 Å². The molecule has 5 rings (SSSR count). The summed E-state index contributed by atoms with van der Waals surface area (Å²) in [6.07, 6.45) is 2.47. The van der Waals surface area contributed by atoms with Crippen LogP contribution in [0.1, 0.15) is 72.4 Å². The predicted molar refractivity (Wildman–Crippen MR) is 158 cm³/mol. The van der Waals surface area contributed by atoms with Crippen LogP contribution in [0.2, 0.25) is 0 Å². The predicted octanol–water partition coefficient (Wildman–Crippen LogP) is 7.07. The second-order valence-corrected chi connectivity index (χ2v) is 11.1. The fourth-order valence-corrected chi connectivity index (χ4v) is 4.99. The zero-order valence-corrected chi connectivity index (χ0v) is 23.1. The van der Waals surface area contributed by atoms with Gasteiger partial charge in [0.05, 0.1) is 28.0 Å². The second-order valence-electron chi connectivity index (χ2n) is 11.1. The maximum atomic E-state index is 13.6. The number of carbonyl (C=O) groups excluding carboxylic acids is 2. The number of aromatic nitrogens is 1. The third-order valence-corrected chi connectivity index (χ3v) is 7.22. The first-order valence-corrected chi connectivity index (χ1v) is 13.4. The lowest BCUT2D eigenvalue weighted by atomic mass is 9.86. The van der Waals surface area contributed by atoms with E-state index in [-0.39, 0.29) is 5.41 Å². The number of hydrogen-bond acceptors (Lipinski definition) is 5. The number of carbonyl (C=O) groups is 2. The van der Waals surface area contributed by atoms with Crippen molar-refractivity contribution in [3.05, 3.63) is 106 Å². The lowest BCUT2D eigenvalue weighted by Gasteiger charge is -2.18. The van der Waals surface area contributed by atoms with E-state index in [0.29, 0.717) is 34.1 Å². The molecule has 0 bridgehead atoms. The van der Waals surface area contributed by atoms with E-state index in [1.807, 2.05) is 24.3 Å². The van der Waals surface area contributed by atoms with Crippen molar-refractivity contribution in [2.45, 2.75) is 52.1 Å². The van der Waals surface area contributed by atoms with Crippen LogP contribution in [0, 0.1) is 11.3 Å². The van der Waals surface area contributed by atoms with Crippen molar-refractivity contribution < 1.29 is 14.3 Å². The molecule has 200 valence electrons. The molecule has 6 heteroatoms. The van der Waals surface area contributed by atoms with E-state index < -0.39 is 18.0 Å². The molecular weight excluding hydrogens is 498 g/mol. The Labute approximate surface area is 234 Å². The summed E-state index contributed by atoms with van der Waals surface area (Å²) in [5, 5.41) is 12.7. The van der Waals surface area contributed by atoms with E-state index in [1.54, 1.807) is 24.3 Å². The molecule has 1 atom stereocenters. The number of fused-ring (bicyclic) bond motifs is 2. The van der Waals surface area contributed by atoms with Gasteiger partial charge < -0.3 is 10.1 Å². The number of ether oxygens (including phenoxy) is 1. The lowest BCUT2D eigenvalue weighted by Crippen LogP contribution is -2.30. The molecular formula is C34H31N3O3. The summed E-state index contributed by atoms with van der Waals surface area (Å²) in [5.74, 6) is -1.08. The smallest absolute Gasteiger partial charge is 0.339 e. The van der Waals surface area contributed by atoms with E-state index in [9.17, 15) is 14.9 Å². The highest BCUT2D eigenvalue weighted by atomic mass is 16.5. The Kier molecular flexibility index (Phi) is 7.23. The molecule has 1 aliphatic carbocycles. The molecule has 1 heterocycles. The largest absolute Gasteiger partial charge is 0.449 e. The maximum absolute atomic E-state index is 13.6. The summed E-state index contributed by atoms with van der Waals surface area (Å²) in [5.41, 5.74) is 6.98. The summed E-state index contributed by atoms with van der Waals surface area (Å²) in [6.45, 7) is 8.11. The van der Waals surface area contributed by atoms with Crippen molar-refractivity contribution in [1.29, 1.82) is 5.26 Å². The minimum absolute atomic E-state index is 0.0779. The van der Waals surface area contributed by atoms with E-state index in [0.717, 1.165) is 28.8 Å². The van der Waals surface area contributed by atoms with Gasteiger partial charge in [-0.15, -0.1) is 0 Å². The summed E-state index contributed by atoms with van der Waals surface area (Å²) >= 11 is 0. The Morgan fingerprint density at radius 2 is 1.70 bits per heavy atom. The van der Waals surface area contributed by atoms with Gasteiger partial charge in [-0.3, -0.25) is 4.79 Å². The summed E-state index contributed by atoms with van der Waals surface area (Å²) in [4.78, 5) is 31.4. The number of benzene rings is 3. The van der Waals surface area contributed by atoms with Crippen molar-refractivity contribution in [3.8, 4) is 6.07 Å². The quantitative estimate of drug-likeness (QED) is 0.279. The van der Waals surface area contributed by atoms with Crippen LogP contribution in [-0.2, 0) is 21.4 Å². The van der Waals surface area contributed by atoms with Gasteiger partial charge in [0.15, 0.2) is 6.10 Å². The van der Waals surface area contributed by atoms with Crippen molar-refractivity contribution >= 4 is 40.1 Å². The Morgan fingerprint density at radius 3 is 2.42 bits per heavy atom. The molecule has 3 aromatic carbocycles. The average Bonchev–Trinajstić information content (AvgIpc) is 3.33. The summed E-state index contributed by atoms with van der Waals surface area (Å²) < 4.78 is 5.69. The number of anilines is 1. The van der Waals surface area contributed by atoms with Crippen LogP contribution >= 0.6 is 0 Å². The molecule has 1 aliphatic rings. The fourth-order valence-electron chi connectivity index (χ4n) is 4.99. The Morgan fingerprint density at radius 1 is 1.00 bits per heavy atom. The third kappa shape index (κ3) is 5.37. The number of allylic oxidation sites excluding steroid dienone is 1. The van der Waals surface area contributed by atoms with Crippen molar-refractivity contribution in [1.82, 2.24) is 4.98 Å². The minimum atomic E-state index is -1.07. The molecule has 0 radical (unpaired) electrons. The molecule has 0 spiro atoms. The minimum Gasteiger partial charge on any atom is -0.449 e. The van der Waals surface area contributed by atoms with E-state index >= 15 is 0 Å². The number of para-hydroxylation sites is 2. The zero-order valence-electron chi connectivity index (χ0n) is 23.1. The monoisotopic (exact) mass is 529 g/mol. The van der Waals surface area contributed by atoms with E-state index in [2.05, 4.69) is 62.5 Å². The number of nitrogens with one attached hydrogen (secondary N) is 1. The van der Waals surface area contributed by atoms with Gasteiger partial charge in [-0.2, -0.15) is 5.26 Å². The maximum Gasteiger partial charge on any atom is 0.339 e. The van der Waals surface area contributed by atoms with Crippen LogP contribution in [0.5, 0.6) is 0 Å². The number of hydrogen-bond donors (Lipinski definition) is 1. The van der Waals surface area contributed by atoms with Gasteiger partial charge in [-0.1, -0.05) is 75.4 Å². The van der Waals surface area contributed by atoms with Gasteiger partial charge in [-0.25, -0.2) is 9.78 Å². The number of nitrogens with zero attached hydrogens (tertiary/aromatic N) is 2. The topological polar surface area (TPSA) is 92.1 Å². The standard InChI is InChI=1S/C34H31N3O3/c1-21(32(38)37-28-11-7-5-9-24(28)20-35)40-33(39)30-26-10-6-8-12-29(26)36-31-23(15-18-27(30)31)19-22-13-16-25(17-14-22)34(2,3)4/h5-14,16-17,19,21H,15,18H2,1-4H3,(H,37,38)/b23-19+. The highest BCUT2D eigenvalue weighted by Crippen LogP contribution is 2.38. The Balaban J connectivity index is 1.45. The van der Waals surface area contributed by atoms with Gasteiger partial charge >= 0.3 is 5.97 Å². The van der Waals surface area contributed by atoms with Gasteiger partial charge in [0.1, 0.15) is 6.07 Å².